The highest BCUT2D eigenvalue weighted by molar-refractivity contribution is 6.35. The molecule has 0 fully saturated rings. The van der Waals surface area contributed by atoms with Gasteiger partial charge < -0.3 is 8.98 Å². The number of fused-ring (bicyclic) bond motifs is 4. The molecule has 2 aromatic heterocycles. The van der Waals surface area contributed by atoms with Crippen LogP contribution in [0, 0.1) is 5.82 Å². The van der Waals surface area contributed by atoms with Crippen LogP contribution in [-0.2, 0) is 6.54 Å². The molecule has 1 aliphatic rings. The normalized spacial score (nSPS) is 13.3. The fourth-order valence-electron chi connectivity index (χ4n) is 3.33. The van der Waals surface area contributed by atoms with Gasteiger partial charge in [-0.2, -0.15) is 0 Å². The lowest BCUT2D eigenvalue weighted by atomic mass is 10.1. The number of rotatable bonds is 1. The standard InChI is InChI=1S/C20H11Cl2FN2O/c21-12-8-14(22)13-10-24-19(16-5-2-6-25(16)17(13)9-12)18-7-11-3-1-4-15(23)20(11)26-18/h1-9H,10H2. The van der Waals surface area contributed by atoms with E-state index in [9.17, 15) is 4.39 Å². The summed E-state index contributed by atoms with van der Waals surface area (Å²) in [5.74, 6) is 0.122. The average Bonchev–Trinajstić information content (AvgIpc) is 3.22. The molecular weight excluding hydrogens is 374 g/mol. The molecule has 0 radical (unpaired) electrons. The molecule has 0 saturated heterocycles. The van der Waals surface area contributed by atoms with Gasteiger partial charge in [0.2, 0.25) is 0 Å². The molecule has 0 N–H and O–H groups in total. The SMILES string of the molecule is Fc1cccc2cc(C3=NCc4c(Cl)cc(Cl)cc4-n4cccc43)oc12. The second kappa shape index (κ2) is 5.73. The van der Waals surface area contributed by atoms with Crippen molar-refractivity contribution < 1.29 is 8.81 Å². The van der Waals surface area contributed by atoms with Gasteiger partial charge in [-0.05, 0) is 36.4 Å². The van der Waals surface area contributed by atoms with Crippen molar-refractivity contribution in [2.45, 2.75) is 6.54 Å². The number of nitrogens with zero attached hydrogens (tertiary/aromatic N) is 2. The number of hydrogen-bond acceptors (Lipinski definition) is 2. The molecule has 128 valence electrons. The molecule has 0 saturated carbocycles. The summed E-state index contributed by atoms with van der Waals surface area (Å²) in [4.78, 5) is 4.72. The first-order valence-electron chi connectivity index (χ1n) is 8.01. The van der Waals surface area contributed by atoms with Crippen LogP contribution in [-0.4, -0.2) is 10.3 Å². The van der Waals surface area contributed by atoms with Crippen LogP contribution in [0.3, 0.4) is 0 Å². The van der Waals surface area contributed by atoms with Crippen LogP contribution in [0.5, 0.6) is 0 Å². The Hall–Kier alpha value is -2.56. The van der Waals surface area contributed by atoms with E-state index in [1.54, 1.807) is 18.2 Å². The number of aliphatic imine (C=N–C) groups is 1. The zero-order valence-electron chi connectivity index (χ0n) is 13.3. The Balaban J connectivity index is 1.75. The summed E-state index contributed by atoms with van der Waals surface area (Å²) < 4.78 is 21.8. The lowest BCUT2D eigenvalue weighted by molar-refractivity contribution is 0.554. The molecule has 26 heavy (non-hydrogen) atoms. The van der Waals surface area contributed by atoms with Crippen LogP contribution in [0.2, 0.25) is 10.0 Å². The Labute approximate surface area is 158 Å². The third-order valence-electron chi connectivity index (χ3n) is 4.51. The Morgan fingerprint density at radius 3 is 2.81 bits per heavy atom. The van der Waals surface area contributed by atoms with Crippen molar-refractivity contribution >= 4 is 39.9 Å². The Morgan fingerprint density at radius 2 is 1.96 bits per heavy atom. The summed E-state index contributed by atoms with van der Waals surface area (Å²) in [5, 5.41) is 1.82. The largest absolute Gasteiger partial charge is 0.451 e. The highest BCUT2D eigenvalue weighted by atomic mass is 35.5. The van der Waals surface area contributed by atoms with Crippen LogP contribution in [0.25, 0.3) is 16.7 Å². The maximum absolute atomic E-state index is 14.0. The van der Waals surface area contributed by atoms with Crippen LogP contribution < -0.4 is 0 Å². The topological polar surface area (TPSA) is 30.4 Å². The van der Waals surface area contributed by atoms with Crippen molar-refractivity contribution in [3.05, 3.63) is 87.6 Å². The summed E-state index contributed by atoms with van der Waals surface area (Å²) in [7, 11) is 0. The van der Waals surface area contributed by atoms with Gasteiger partial charge in [-0.3, -0.25) is 4.99 Å². The molecule has 5 rings (SSSR count). The number of benzene rings is 2. The Morgan fingerprint density at radius 1 is 1.08 bits per heavy atom. The first-order valence-corrected chi connectivity index (χ1v) is 8.76. The summed E-state index contributed by atoms with van der Waals surface area (Å²) >= 11 is 12.6. The fourth-order valence-corrected chi connectivity index (χ4v) is 3.88. The highest BCUT2D eigenvalue weighted by Gasteiger charge is 2.23. The average molecular weight is 385 g/mol. The van der Waals surface area contributed by atoms with Crippen LogP contribution >= 0.6 is 23.2 Å². The van der Waals surface area contributed by atoms with E-state index in [2.05, 4.69) is 0 Å². The van der Waals surface area contributed by atoms with Crippen LogP contribution in [0.15, 0.2) is 64.1 Å². The molecule has 0 spiro atoms. The van der Waals surface area contributed by atoms with Gasteiger partial charge in [-0.25, -0.2) is 4.39 Å². The summed E-state index contributed by atoms with van der Waals surface area (Å²) in [5.41, 5.74) is 3.47. The second-order valence-electron chi connectivity index (χ2n) is 6.08. The molecule has 0 bridgehead atoms. The first-order chi connectivity index (χ1) is 12.6. The summed E-state index contributed by atoms with van der Waals surface area (Å²) in [6, 6.07) is 14.1. The zero-order chi connectivity index (χ0) is 17.8. The summed E-state index contributed by atoms with van der Waals surface area (Å²) in [6.45, 7) is 0.377. The van der Waals surface area contributed by atoms with Gasteiger partial charge in [-0.1, -0.05) is 35.3 Å². The van der Waals surface area contributed by atoms with Crippen molar-refractivity contribution in [2.24, 2.45) is 4.99 Å². The lowest BCUT2D eigenvalue weighted by Crippen LogP contribution is -2.07. The van der Waals surface area contributed by atoms with Gasteiger partial charge in [0, 0.05) is 27.2 Å². The van der Waals surface area contributed by atoms with Gasteiger partial charge in [0.25, 0.3) is 0 Å². The molecular formula is C20H11Cl2FN2O. The number of aromatic nitrogens is 1. The first kappa shape index (κ1) is 15.7. The van der Waals surface area contributed by atoms with E-state index < -0.39 is 5.82 Å². The molecule has 3 nitrogen and oxygen atoms in total. The van der Waals surface area contributed by atoms with Gasteiger partial charge in [0.1, 0.15) is 5.71 Å². The molecule has 2 aromatic carbocycles. The lowest BCUT2D eigenvalue weighted by Gasteiger charge is -2.12. The van der Waals surface area contributed by atoms with Crippen molar-refractivity contribution in [3.63, 3.8) is 0 Å². The van der Waals surface area contributed by atoms with Gasteiger partial charge in [0.15, 0.2) is 17.2 Å². The minimum Gasteiger partial charge on any atom is -0.451 e. The highest BCUT2D eigenvalue weighted by Crippen LogP contribution is 2.33. The summed E-state index contributed by atoms with van der Waals surface area (Å²) in [6.07, 6.45) is 1.92. The van der Waals surface area contributed by atoms with E-state index >= 15 is 0 Å². The predicted molar refractivity (Wildman–Crippen MR) is 101 cm³/mol. The molecule has 0 amide bonds. The van der Waals surface area contributed by atoms with E-state index in [4.69, 9.17) is 32.6 Å². The van der Waals surface area contributed by atoms with E-state index in [-0.39, 0.29) is 5.58 Å². The maximum atomic E-state index is 14.0. The number of halogens is 3. The van der Waals surface area contributed by atoms with E-state index in [1.807, 2.05) is 35.0 Å². The molecule has 0 aliphatic carbocycles. The third kappa shape index (κ3) is 2.30. The molecule has 0 unspecified atom stereocenters. The maximum Gasteiger partial charge on any atom is 0.170 e. The van der Waals surface area contributed by atoms with E-state index in [1.165, 1.54) is 6.07 Å². The van der Waals surface area contributed by atoms with Gasteiger partial charge >= 0.3 is 0 Å². The Kier molecular flexibility index (Phi) is 3.45. The van der Waals surface area contributed by atoms with Crippen molar-refractivity contribution in [2.75, 3.05) is 0 Å². The number of para-hydroxylation sites is 1. The molecule has 0 atom stereocenters. The zero-order valence-corrected chi connectivity index (χ0v) is 14.9. The quantitative estimate of drug-likeness (QED) is 0.394. The smallest absolute Gasteiger partial charge is 0.170 e. The van der Waals surface area contributed by atoms with Crippen molar-refractivity contribution in [3.8, 4) is 5.69 Å². The van der Waals surface area contributed by atoms with E-state index in [0.29, 0.717) is 33.4 Å². The Bertz CT molecular complexity index is 1210. The van der Waals surface area contributed by atoms with Gasteiger partial charge in [-0.15, -0.1) is 0 Å². The van der Waals surface area contributed by atoms with Crippen LogP contribution in [0.4, 0.5) is 4.39 Å². The molecule has 6 heteroatoms. The van der Waals surface area contributed by atoms with Crippen LogP contribution in [0.1, 0.15) is 17.0 Å². The monoisotopic (exact) mass is 384 g/mol. The van der Waals surface area contributed by atoms with Crippen molar-refractivity contribution in [1.82, 2.24) is 4.57 Å². The number of furan rings is 1. The van der Waals surface area contributed by atoms with Crippen molar-refractivity contribution in [1.29, 1.82) is 0 Å². The van der Waals surface area contributed by atoms with E-state index in [0.717, 1.165) is 16.9 Å². The second-order valence-corrected chi connectivity index (χ2v) is 6.93. The third-order valence-corrected chi connectivity index (χ3v) is 5.07. The fraction of sp³-hybridized carbons (Fsp3) is 0.0500. The molecule has 4 aromatic rings. The minimum atomic E-state index is -0.392. The molecule has 1 aliphatic heterocycles. The predicted octanol–water partition coefficient (Wildman–Crippen LogP) is 6.02. The number of hydrogen-bond donors (Lipinski definition) is 0. The minimum absolute atomic E-state index is 0.228. The van der Waals surface area contributed by atoms with Gasteiger partial charge in [0.05, 0.1) is 17.9 Å². The molecule has 3 heterocycles.